The summed E-state index contributed by atoms with van der Waals surface area (Å²) in [5.41, 5.74) is 0. The van der Waals surface area contributed by atoms with Gasteiger partial charge in [0.1, 0.15) is 5.76 Å². The molecule has 1 fully saturated rings. The van der Waals surface area contributed by atoms with E-state index in [2.05, 4.69) is 4.90 Å². The molecule has 1 aromatic rings. The van der Waals surface area contributed by atoms with Gasteiger partial charge in [-0.05, 0) is 31.5 Å². The standard InChI is InChI=1S/C11H15NO3/c13-11(14)9-3-1-5-12(7-9)8-10-4-2-6-15-10/h2,4,6,9H,1,3,5,7-8H2,(H,13,14). The minimum atomic E-state index is -0.681. The number of furan rings is 1. The van der Waals surface area contributed by atoms with E-state index < -0.39 is 5.97 Å². The Kier molecular flexibility index (Phi) is 3.06. The third kappa shape index (κ3) is 2.59. The number of likely N-dealkylation sites (tertiary alicyclic amines) is 1. The van der Waals surface area contributed by atoms with Crippen molar-refractivity contribution in [1.29, 1.82) is 0 Å². The lowest BCUT2D eigenvalue weighted by Crippen LogP contribution is -2.38. The molecular formula is C11H15NO3. The lowest BCUT2D eigenvalue weighted by atomic mass is 9.98. The molecule has 2 rings (SSSR count). The van der Waals surface area contributed by atoms with Crippen molar-refractivity contribution in [1.82, 2.24) is 4.90 Å². The van der Waals surface area contributed by atoms with E-state index in [1.807, 2.05) is 12.1 Å². The van der Waals surface area contributed by atoms with Gasteiger partial charge in [-0.3, -0.25) is 9.69 Å². The molecule has 82 valence electrons. The van der Waals surface area contributed by atoms with Gasteiger partial charge in [0.25, 0.3) is 0 Å². The van der Waals surface area contributed by atoms with Crippen molar-refractivity contribution in [3.8, 4) is 0 Å². The summed E-state index contributed by atoms with van der Waals surface area (Å²) < 4.78 is 5.24. The first-order valence-electron chi connectivity index (χ1n) is 5.23. The molecule has 1 aliphatic heterocycles. The summed E-state index contributed by atoms with van der Waals surface area (Å²) in [5, 5.41) is 8.93. The van der Waals surface area contributed by atoms with Gasteiger partial charge in [0.05, 0.1) is 18.7 Å². The first-order chi connectivity index (χ1) is 7.25. The highest BCUT2D eigenvalue weighted by Crippen LogP contribution is 2.18. The number of hydrogen-bond donors (Lipinski definition) is 1. The molecular weight excluding hydrogens is 194 g/mol. The zero-order chi connectivity index (χ0) is 10.7. The van der Waals surface area contributed by atoms with Crippen molar-refractivity contribution < 1.29 is 14.3 Å². The van der Waals surface area contributed by atoms with Gasteiger partial charge in [0, 0.05) is 6.54 Å². The number of carbonyl (C=O) groups is 1. The van der Waals surface area contributed by atoms with Gasteiger partial charge in [0.15, 0.2) is 0 Å². The molecule has 1 aromatic heterocycles. The van der Waals surface area contributed by atoms with E-state index in [1.165, 1.54) is 0 Å². The van der Waals surface area contributed by atoms with Crippen LogP contribution in [0.4, 0.5) is 0 Å². The van der Waals surface area contributed by atoms with Gasteiger partial charge < -0.3 is 9.52 Å². The maximum Gasteiger partial charge on any atom is 0.307 e. The molecule has 0 aliphatic carbocycles. The molecule has 0 saturated carbocycles. The topological polar surface area (TPSA) is 53.7 Å². The summed E-state index contributed by atoms with van der Waals surface area (Å²) in [4.78, 5) is 13.0. The first-order valence-corrected chi connectivity index (χ1v) is 5.23. The van der Waals surface area contributed by atoms with E-state index in [9.17, 15) is 4.79 Å². The van der Waals surface area contributed by atoms with Crippen LogP contribution < -0.4 is 0 Å². The number of nitrogens with zero attached hydrogens (tertiary/aromatic N) is 1. The van der Waals surface area contributed by atoms with Crippen molar-refractivity contribution in [3.05, 3.63) is 24.2 Å². The summed E-state index contributed by atoms with van der Waals surface area (Å²) in [6.07, 6.45) is 3.40. The van der Waals surface area contributed by atoms with Gasteiger partial charge >= 0.3 is 5.97 Å². The predicted molar refractivity (Wildman–Crippen MR) is 54.3 cm³/mol. The van der Waals surface area contributed by atoms with E-state index in [1.54, 1.807) is 6.26 Å². The molecule has 0 aromatic carbocycles. The van der Waals surface area contributed by atoms with Gasteiger partial charge in [-0.2, -0.15) is 0 Å². The van der Waals surface area contributed by atoms with Crippen LogP contribution in [0.5, 0.6) is 0 Å². The Labute approximate surface area is 88.5 Å². The largest absolute Gasteiger partial charge is 0.481 e. The zero-order valence-corrected chi connectivity index (χ0v) is 8.56. The average molecular weight is 209 g/mol. The maximum absolute atomic E-state index is 10.9. The summed E-state index contributed by atoms with van der Waals surface area (Å²) in [6, 6.07) is 3.78. The molecule has 0 amide bonds. The Morgan fingerprint density at radius 3 is 3.20 bits per heavy atom. The quantitative estimate of drug-likeness (QED) is 0.821. The minimum absolute atomic E-state index is 0.214. The number of carboxylic acids is 1. The summed E-state index contributed by atoms with van der Waals surface area (Å²) in [7, 11) is 0. The van der Waals surface area contributed by atoms with Crippen LogP contribution in [0, 0.1) is 5.92 Å². The van der Waals surface area contributed by atoms with Crippen molar-refractivity contribution in [2.75, 3.05) is 13.1 Å². The van der Waals surface area contributed by atoms with E-state index in [-0.39, 0.29) is 5.92 Å². The van der Waals surface area contributed by atoms with Gasteiger partial charge in [-0.1, -0.05) is 0 Å². The molecule has 15 heavy (non-hydrogen) atoms. The average Bonchev–Trinajstić information content (AvgIpc) is 2.71. The fourth-order valence-electron chi connectivity index (χ4n) is 2.02. The molecule has 0 spiro atoms. The highest BCUT2D eigenvalue weighted by Gasteiger charge is 2.25. The van der Waals surface area contributed by atoms with E-state index in [4.69, 9.17) is 9.52 Å². The van der Waals surface area contributed by atoms with Gasteiger partial charge in [-0.15, -0.1) is 0 Å². The number of aliphatic carboxylic acids is 1. The SMILES string of the molecule is O=C(O)C1CCCN(Cc2ccco2)C1. The van der Waals surface area contributed by atoms with Crippen LogP contribution in [-0.4, -0.2) is 29.1 Å². The molecule has 0 bridgehead atoms. The number of rotatable bonds is 3. The monoisotopic (exact) mass is 209 g/mol. The van der Waals surface area contributed by atoms with Crippen LogP contribution in [0.3, 0.4) is 0 Å². The molecule has 1 unspecified atom stereocenters. The molecule has 0 radical (unpaired) electrons. The molecule has 4 heteroatoms. The molecule has 2 heterocycles. The number of hydrogen-bond acceptors (Lipinski definition) is 3. The first kappa shape index (κ1) is 10.2. The lowest BCUT2D eigenvalue weighted by molar-refractivity contribution is -0.143. The van der Waals surface area contributed by atoms with E-state index >= 15 is 0 Å². The highest BCUT2D eigenvalue weighted by molar-refractivity contribution is 5.70. The Bertz CT molecular complexity index is 321. The van der Waals surface area contributed by atoms with E-state index in [0.717, 1.165) is 31.7 Å². The Balaban J connectivity index is 1.90. The van der Waals surface area contributed by atoms with Crippen LogP contribution in [-0.2, 0) is 11.3 Å². The second kappa shape index (κ2) is 4.49. The van der Waals surface area contributed by atoms with Crippen LogP contribution in [0.1, 0.15) is 18.6 Å². The molecule has 4 nitrogen and oxygen atoms in total. The van der Waals surface area contributed by atoms with Crippen LogP contribution in [0.25, 0.3) is 0 Å². The molecule has 1 atom stereocenters. The van der Waals surface area contributed by atoms with Gasteiger partial charge in [0.2, 0.25) is 0 Å². The third-order valence-corrected chi connectivity index (χ3v) is 2.81. The van der Waals surface area contributed by atoms with E-state index in [0.29, 0.717) is 6.54 Å². The normalized spacial score (nSPS) is 22.8. The number of piperidine rings is 1. The smallest absolute Gasteiger partial charge is 0.307 e. The Hall–Kier alpha value is -1.29. The van der Waals surface area contributed by atoms with Crippen molar-refractivity contribution in [3.63, 3.8) is 0 Å². The summed E-state index contributed by atoms with van der Waals surface area (Å²) in [5.74, 6) is 0.00824. The molecule has 1 saturated heterocycles. The zero-order valence-electron chi connectivity index (χ0n) is 8.56. The highest BCUT2D eigenvalue weighted by atomic mass is 16.4. The lowest BCUT2D eigenvalue weighted by Gasteiger charge is -2.29. The number of carboxylic acid groups (broad SMARTS) is 1. The Morgan fingerprint density at radius 2 is 2.53 bits per heavy atom. The second-order valence-corrected chi connectivity index (χ2v) is 3.99. The van der Waals surface area contributed by atoms with Crippen LogP contribution in [0.2, 0.25) is 0 Å². The fourth-order valence-corrected chi connectivity index (χ4v) is 2.02. The molecule has 1 aliphatic rings. The third-order valence-electron chi connectivity index (χ3n) is 2.81. The minimum Gasteiger partial charge on any atom is -0.481 e. The summed E-state index contributed by atoms with van der Waals surface area (Å²) >= 11 is 0. The van der Waals surface area contributed by atoms with Crippen molar-refractivity contribution >= 4 is 5.97 Å². The second-order valence-electron chi connectivity index (χ2n) is 3.99. The van der Waals surface area contributed by atoms with Crippen LogP contribution in [0.15, 0.2) is 22.8 Å². The Morgan fingerprint density at radius 1 is 1.67 bits per heavy atom. The summed E-state index contributed by atoms with van der Waals surface area (Å²) in [6.45, 7) is 2.32. The predicted octanol–water partition coefficient (Wildman–Crippen LogP) is 1.58. The fraction of sp³-hybridized carbons (Fsp3) is 0.545. The maximum atomic E-state index is 10.9. The van der Waals surface area contributed by atoms with Crippen LogP contribution >= 0.6 is 0 Å². The van der Waals surface area contributed by atoms with Gasteiger partial charge in [-0.25, -0.2) is 0 Å². The molecule has 1 N–H and O–H groups in total. The van der Waals surface area contributed by atoms with Crippen molar-refractivity contribution in [2.24, 2.45) is 5.92 Å². The van der Waals surface area contributed by atoms with Crippen molar-refractivity contribution in [2.45, 2.75) is 19.4 Å².